The highest BCUT2D eigenvalue weighted by Crippen LogP contribution is 2.47. The second-order valence-corrected chi connectivity index (χ2v) is 10.4. The maximum absolute atomic E-state index is 5.67. The van der Waals surface area contributed by atoms with Crippen molar-refractivity contribution >= 4 is 23.5 Å². The molecule has 30 heavy (non-hydrogen) atoms. The number of likely N-dealkylation sites (tertiary alicyclic amines) is 1. The second-order valence-electron chi connectivity index (χ2n) is 7.75. The first-order valence-corrected chi connectivity index (χ1v) is 12.6. The number of nitrogens with zero attached hydrogens (tertiary/aromatic N) is 1. The number of allylic oxidation sites excluding steroid dienone is 2. The summed E-state index contributed by atoms with van der Waals surface area (Å²) in [6.45, 7) is 1.17. The van der Waals surface area contributed by atoms with Crippen molar-refractivity contribution in [2.45, 2.75) is 58.9 Å². The highest BCUT2D eigenvalue weighted by Gasteiger charge is 2.35. The van der Waals surface area contributed by atoms with Gasteiger partial charge >= 0.3 is 0 Å². The number of hydrogen-bond acceptors (Lipinski definition) is 5. The normalized spacial score (nSPS) is 19.1. The van der Waals surface area contributed by atoms with Crippen molar-refractivity contribution in [3.8, 4) is 11.5 Å². The van der Waals surface area contributed by atoms with Crippen LogP contribution < -0.4 is 9.47 Å². The van der Waals surface area contributed by atoms with Gasteiger partial charge in [-0.15, -0.1) is 23.5 Å². The number of hydrogen-bond donors (Lipinski definition) is 0. The molecule has 1 fully saturated rings. The van der Waals surface area contributed by atoms with E-state index in [0.717, 1.165) is 11.5 Å². The Kier molecular flexibility index (Phi) is 7.56. The summed E-state index contributed by atoms with van der Waals surface area (Å²) < 4.78 is 11.7. The maximum Gasteiger partial charge on any atom is 0.132 e. The molecule has 0 unspecified atom stereocenters. The number of methoxy groups -OCH3 is 2. The van der Waals surface area contributed by atoms with Gasteiger partial charge in [-0.25, -0.2) is 0 Å². The summed E-state index contributed by atoms with van der Waals surface area (Å²) in [5.41, 5.74) is 1.56. The monoisotopic (exact) mass is 441 g/mol. The summed E-state index contributed by atoms with van der Waals surface area (Å²) in [6.07, 6.45) is 10.1. The Morgan fingerprint density at radius 3 is 2.07 bits per heavy atom. The first kappa shape index (κ1) is 21.5. The van der Waals surface area contributed by atoms with E-state index in [1.165, 1.54) is 54.9 Å². The molecule has 0 bridgehead atoms. The number of ether oxygens (including phenoxy) is 2. The van der Waals surface area contributed by atoms with Gasteiger partial charge in [-0.2, -0.15) is 0 Å². The van der Waals surface area contributed by atoms with Crippen molar-refractivity contribution in [3.63, 3.8) is 0 Å². The minimum Gasteiger partial charge on any atom is -0.496 e. The third-order valence-corrected chi connectivity index (χ3v) is 8.73. The summed E-state index contributed by atoms with van der Waals surface area (Å²) in [7, 11) is 3.52. The molecular formula is C25H31NO2S2. The molecule has 0 amide bonds. The van der Waals surface area contributed by atoms with E-state index in [1.807, 2.05) is 35.7 Å². The van der Waals surface area contributed by atoms with E-state index in [1.54, 1.807) is 19.9 Å². The van der Waals surface area contributed by atoms with Gasteiger partial charge < -0.3 is 14.4 Å². The number of para-hydroxylation sites is 2. The van der Waals surface area contributed by atoms with Crippen LogP contribution in [-0.2, 0) is 0 Å². The van der Waals surface area contributed by atoms with Crippen LogP contribution in [0, 0.1) is 0 Å². The van der Waals surface area contributed by atoms with Crippen molar-refractivity contribution in [1.29, 1.82) is 0 Å². The lowest BCUT2D eigenvalue weighted by Crippen LogP contribution is -2.36. The molecular weight excluding hydrogens is 410 g/mol. The number of benzene rings is 2. The largest absolute Gasteiger partial charge is 0.496 e. The fourth-order valence-corrected chi connectivity index (χ4v) is 7.42. The van der Waals surface area contributed by atoms with Crippen LogP contribution in [0.5, 0.6) is 11.5 Å². The quantitative estimate of drug-likeness (QED) is 0.329. The van der Waals surface area contributed by atoms with Gasteiger partial charge in [0, 0.05) is 12.2 Å². The molecule has 1 aliphatic heterocycles. The molecule has 2 aromatic carbocycles. The summed E-state index contributed by atoms with van der Waals surface area (Å²) in [4.78, 5) is 5.11. The van der Waals surface area contributed by atoms with Crippen LogP contribution in [0.25, 0.3) is 0 Å². The van der Waals surface area contributed by atoms with Crippen LogP contribution in [0.4, 0.5) is 0 Å². The molecule has 1 heterocycles. The third-order valence-electron chi connectivity index (χ3n) is 5.87. The molecule has 0 saturated carbocycles. The fourth-order valence-electron chi connectivity index (χ4n) is 4.38. The van der Waals surface area contributed by atoms with E-state index in [2.05, 4.69) is 47.4 Å². The SMILES string of the molecule is COc1ccccc1SC(Sc1ccccc1OC)[C@@H]1CCCN1C1=CCCCC1. The molecule has 1 atom stereocenters. The Hall–Kier alpha value is -1.72. The van der Waals surface area contributed by atoms with Crippen molar-refractivity contribution in [1.82, 2.24) is 4.90 Å². The van der Waals surface area contributed by atoms with E-state index in [9.17, 15) is 0 Å². The molecule has 5 heteroatoms. The summed E-state index contributed by atoms with van der Waals surface area (Å²) in [5.74, 6) is 1.91. The van der Waals surface area contributed by atoms with Crippen LogP contribution in [0.3, 0.4) is 0 Å². The molecule has 4 rings (SSSR count). The predicted molar refractivity (Wildman–Crippen MR) is 128 cm³/mol. The van der Waals surface area contributed by atoms with Gasteiger partial charge in [0.15, 0.2) is 0 Å². The van der Waals surface area contributed by atoms with Gasteiger partial charge in [-0.1, -0.05) is 30.3 Å². The predicted octanol–water partition coefficient (Wildman–Crippen LogP) is 6.84. The van der Waals surface area contributed by atoms with Crippen LogP contribution in [0.15, 0.2) is 70.1 Å². The summed E-state index contributed by atoms with van der Waals surface area (Å²) in [5, 5.41) is 0. The zero-order chi connectivity index (χ0) is 20.8. The van der Waals surface area contributed by atoms with Crippen molar-refractivity contribution in [3.05, 3.63) is 60.3 Å². The Labute approximate surface area is 189 Å². The first-order chi connectivity index (χ1) is 14.8. The van der Waals surface area contributed by atoms with E-state index in [4.69, 9.17) is 9.47 Å². The van der Waals surface area contributed by atoms with Gasteiger partial charge in [0.2, 0.25) is 0 Å². The van der Waals surface area contributed by atoms with Crippen LogP contribution in [-0.4, -0.2) is 36.3 Å². The lowest BCUT2D eigenvalue weighted by Gasteiger charge is -2.35. The number of thioether (sulfide) groups is 2. The molecule has 0 aromatic heterocycles. The van der Waals surface area contributed by atoms with E-state index in [-0.39, 0.29) is 0 Å². The lowest BCUT2D eigenvalue weighted by molar-refractivity contribution is 0.315. The summed E-state index contributed by atoms with van der Waals surface area (Å²) >= 11 is 3.86. The van der Waals surface area contributed by atoms with E-state index in [0.29, 0.717) is 10.6 Å². The fraction of sp³-hybridized carbons (Fsp3) is 0.440. The van der Waals surface area contributed by atoms with Crippen LogP contribution in [0.2, 0.25) is 0 Å². The Morgan fingerprint density at radius 1 is 0.867 bits per heavy atom. The average molecular weight is 442 g/mol. The van der Waals surface area contributed by atoms with E-state index < -0.39 is 0 Å². The highest BCUT2D eigenvalue weighted by molar-refractivity contribution is 8.17. The molecule has 0 spiro atoms. The number of rotatable bonds is 8. The lowest BCUT2D eigenvalue weighted by atomic mass is 10.0. The molecule has 0 radical (unpaired) electrons. The standard InChI is InChI=1S/C25H31NO2S2/c1-27-21-14-6-8-16-23(21)29-25(30-24-17-9-7-15-22(24)28-2)20-13-10-18-26(20)19-11-4-3-5-12-19/h6-9,11,14-17,20,25H,3-5,10,12-13,18H2,1-2H3/t20-/m0/s1. The van der Waals surface area contributed by atoms with Crippen molar-refractivity contribution in [2.24, 2.45) is 0 Å². The molecule has 0 N–H and O–H groups in total. The average Bonchev–Trinajstić information content (AvgIpc) is 3.30. The Morgan fingerprint density at radius 2 is 1.50 bits per heavy atom. The molecule has 2 aliphatic rings. The minimum absolute atomic E-state index is 0.350. The molecule has 160 valence electrons. The minimum atomic E-state index is 0.350. The maximum atomic E-state index is 5.67. The Bertz CT molecular complexity index is 820. The molecule has 1 saturated heterocycles. The Balaban J connectivity index is 1.64. The molecule has 1 aliphatic carbocycles. The van der Waals surface area contributed by atoms with Gasteiger partial charge in [-0.05, 0) is 62.8 Å². The summed E-state index contributed by atoms with van der Waals surface area (Å²) in [6, 6.07) is 17.3. The third kappa shape index (κ3) is 4.94. The smallest absolute Gasteiger partial charge is 0.132 e. The highest BCUT2D eigenvalue weighted by atomic mass is 32.2. The zero-order valence-electron chi connectivity index (χ0n) is 17.9. The van der Waals surface area contributed by atoms with Crippen LogP contribution in [0.1, 0.15) is 38.5 Å². The van der Waals surface area contributed by atoms with Crippen LogP contribution >= 0.6 is 23.5 Å². The van der Waals surface area contributed by atoms with Gasteiger partial charge in [0.1, 0.15) is 11.5 Å². The second kappa shape index (κ2) is 10.5. The van der Waals surface area contributed by atoms with E-state index >= 15 is 0 Å². The van der Waals surface area contributed by atoms with Crippen molar-refractivity contribution in [2.75, 3.05) is 20.8 Å². The van der Waals surface area contributed by atoms with Gasteiger partial charge in [0.05, 0.1) is 34.6 Å². The topological polar surface area (TPSA) is 21.7 Å². The zero-order valence-corrected chi connectivity index (χ0v) is 19.5. The first-order valence-electron chi connectivity index (χ1n) is 10.8. The van der Waals surface area contributed by atoms with Gasteiger partial charge in [0.25, 0.3) is 0 Å². The van der Waals surface area contributed by atoms with Crippen molar-refractivity contribution < 1.29 is 9.47 Å². The van der Waals surface area contributed by atoms with Gasteiger partial charge in [-0.3, -0.25) is 0 Å². The molecule has 2 aromatic rings. The molecule has 3 nitrogen and oxygen atoms in total.